The van der Waals surface area contributed by atoms with Crippen molar-refractivity contribution >= 4 is 22.6 Å². The molecule has 2 heterocycles. The molecule has 3 aromatic rings. The van der Waals surface area contributed by atoms with Crippen molar-refractivity contribution in [3.63, 3.8) is 0 Å². The number of hydrogen-bond donors (Lipinski definition) is 0. The molecule has 4 nitrogen and oxygen atoms in total. The third-order valence-electron chi connectivity index (χ3n) is 5.15. The number of halogens is 2. The van der Waals surface area contributed by atoms with Gasteiger partial charge in [-0.25, -0.2) is 9.18 Å². The van der Waals surface area contributed by atoms with Crippen molar-refractivity contribution in [3.8, 4) is 5.75 Å². The number of nitrogens with zero attached hydrogens (tertiary/aromatic N) is 1. The van der Waals surface area contributed by atoms with Crippen LogP contribution >= 0.6 is 11.6 Å². The summed E-state index contributed by atoms with van der Waals surface area (Å²) in [7, 11) is 0. The summed E-state index contributed by atoms with van der Waals surface area (Å²) in [6, 6.07) is 8.29. The van der Waals surface area contributed by atoms with Crippen molar-refractivity contribution in [1.82, 2.24) is 4.90 Å². The maximum absolute atomic E-state index is 13.0. The first kappa shape index (κ1) is 18.0. The van der Waals surface area contributed by atoms with E-state index in [9.17, 15) is 9.18 Å². The van der Waals surface area contributed by atoms with Gasteiger partial charge < -0.3 is 9.15 Å². The van der Waals surface area contributed by atoms with E-state index < -0.39 is 0 Å². The molecule has 0 saturated heterocycles. The highest BCUT2D eigenvalue weighted by molar-refractivity contribution is 6.33. The Morgan fingerprint density at radius 3 is 2.67 bits per heavy atom. The normalized spacial score (nSPS) is 14.2. The van der Waals surface area contributed by atoms with Crippen molar-refractivity contribution < 1.29 is 13.5 Å². The number of rotatable bonds is 3. The van der Waals surface area contributed by atoms with Gasteiger partial charge in [0.05, 0.1) is 10.6 Å². The molecule has 0 amide bonds. The summed E-state index contributed by atoms with van der Waals surface area (Å²) in [5.74, 6) is 0.337. The summed E-state index contributed by atoms with van der Waals surface area (Å²) in [5.41, 5.74) is 3.50. The van der Waals surface area contributed by atoms with Gasteiger partial charge in [0.1, 0.15) is 23.9 Å². The van der Waals surface area contributed by atoms with Gasteiger partial charge in [0.15, 0.2) is 0 Å². The Hall–Kier alpha value is -2.37. The Labute approximate surface area is 161 Å². The fourth-order valence-electron chi connectivity index (χ4n) is 3.39. The largest absolute Gasteiger partial charge is 0.476 e. The number of ether oxygens (including phenoxy) is 1. The van der Waals surface area contributed by atoms with E-state index in [1.54, 1.807) is 25.1 Å². The van der Waals surface area contributed by atoms with E-state index in [4.69, 9.17) is 20.8 Å². The SMILES string of the molecule is Cc1c(C)c2cc(Cl)c3c(c2oc1=O)CN(CCc1ccc(F)cc1)CO3. The topological polar surface area (TPSA) is 42.7 Å². The van der Waals surface area contributed by atoms with Gasteiger partial charge in [-0.05, 0) is 49.6 Å². The van der Waals surface area contributed by atoms with E-state index in [-0.39, 0.29) is 11.4 Å². The number of aryl methyl sites for hydroxylation is 1. The van der Waals surface area contributed by atoms with Crippen LogP contribution in [0.2, 0.25) is 5.02 Å². The molecule has 0 radical (unpaired) electrons. The second-order valence-electron chi connectivity index (χ2n) is 6.88. The van der Waals surface area contributed by atoms with Crippen molar-refractivity contribution in [1.29, 1.82) is 0 Å². The Morgan fingerprint density at radius 2 is 1.93 bits per heavy atom. The van der Waals surface area contributed by atoms with Crippen molar-refractivity contribution in [2.24, 2.45) is 0 Å². The molecule has 0 fully saturated rings. The summed E-state index contributed by atoms with van der Waals surface area (Å²) < 4.78 is 24.5. The van der Waals surface area contributed by atoms with Crippen LogP contribution in [-0.2, 0) is 13.0 Å². The average molecular weight is 388 g/mol. The Morgan fingerprint density at radius 1 is 1.19 bits per heavy atom. The molecule has 0 unspecified atom stereocenters. The first-order chi connectivity index (χ1) is 12.9. The maximum atomic E-state index is 13.0. The van der Waals surface area contributed by atoms with Gasteiger partial charge in [-0.2, -0.15) is 0 Å². The Bertz CT molecular complexity index is 1080. The molecule has 0 aliphatic carbocycles. The minimum absolute atomic E-state index is 0.240. The molecule has 0 bridgehead atoms. The fraction of sp³-hybridized carbons (Fsp3) is 0.286. The van der Waals surface area contributed by atoms with Crippen LogP contribution in [0.15, 0.2) is 39.5 Å². The lowest BCUT2D eigenvalue weighted by atomic mass is 10.0. The number of fused-ring (bicyclic) bond motifs is 3. The molecule has 0 N–H and O–H groups in total. The lowest BCUT2D eigenvalue weighted by molar-refractivity contribution is 0.0968. The molecule has 1 aromatic heterocycles. The summed E-state index contributed by atoms with van der Waals surface area (Å²) in [6.45, 7) is 5.34. The van der Waals surface area contributed by atoms with Gasteiger partial charge in [0.25, 0.3) is 0 Å². The second kappa shape index (κ2) is 6.98. The first-order valence-corrected chi connectivity index (χ1v) is 9.17. The zero-order valence-corrected chi connectivity index (χ0v) is 15.9. The molecule has 2 aromatic carbocycles. The maximum Gasteiger partial charge on any atom is 0.339 e. The summed E-state index contributed by atoms with van der Waals surface area (Å²) in [6.07, 6.45) is 0.763. The number of benzene rings is 2. The van der Waals surface area contributed by atoms with E-state index in [1.165, 1.54) is 12.1 Å². The standard InChI is InChI=1S/C21H19ClFNO3/c1-12-13(2)21(25)27-19-16(12)9-18(22)20-17(19)10-24(11-26-20)8-7-14-3-5-15(23)6-4-14/h3-6,9H,7-8,10-11H2,1-2H3. The van der Waals surface area contributed by atoms with Crippen LogP contribution < -0.4 is 10.4 Å². The van der Waals surface area contributed by atoms with Gasteiger partial charge in [0, 0.05) is 24.0 Å². The van der Waals surface area contributed by atoms with Crippen LogP contribution in [0.4, 0.5) is 4.39 Å². The minimum atomic E-state index is -0.340. The highest BCUT2D eigenvalue weighted by atomic mass is 35.5. The van der Waals surface area contributed by atoms with Crippen LogP contribution in [0.5, 0.6) is 5.75 Å². The fourth-order valence-corrected chi connectivity index (χ4v) is 3.67. The summed E-state index contributed by atoms with van der Waals surface area (Å²) >= 11 is 6.42. The van der Waals surface area contributed by atoms with Crippen LogP contribution in [-0.4, -0.2) is 18.2 Å². The van der Waals surface area contributed by atoms with Crippen LogP contribution in [0.3, 0.4) is 0 Å². The van der Waals surface area contributed by atoms with Crippen LogP contribution in [0.25, 0.3) is 11.0 Å². The quantitative estimate of drug-likeness (QED) is 0.616. The zero-order valence-electron chi connectivity index (χ0n) is 15.1. The zero-order chi connectivity index (χ0) is 19.1. The molecule has 0 saturated carbocycles. The highest BCUT2D eigenvalue weighted by Gasteiger charge is 2.25. The molecule has 1 aliphatic heterocycles. The third-order valence-corrected chi connectivity index (χ3v) is 5.43. The van der Waals surface area contributed by atoms with Crippen LogP contribution in [0.1, 0.15) is 22.3 Å². The van der Waals surface area contributed by atoms with E-state index in [1.807, 2.05) is 6.92 Å². The lowest BCUT2D eigenvalue weighted by Crippen LogP contribution is -2.34. The molecular formula is C21H19ClFNO3. The predicted octanol–water partition coefficient (Wildman–Crippen LogP) is 4.60. The highest BCUT2D eigenvalue weighted by Crippen LogP contribution is 2.39. The molecule has 27 heavy (non-hydrogen) atoms. The van der Waals surface area contributed by atoms with Gasteiger partial charge in [0.2, 0.25) is 0 Å². The van der Waals surface area contributed by atoms with Crippen LogP contribution in [0, 0.1) is 19.7 Å². The summed E-state index contributed by atoms with van der Waals surface area (Å²) in [4.78, 5) is 14.3. The van der Waals surface area contributed by atoms with Gasteiger partial charge >= 0.3 is 5.63 Å². The predicted molar refractivity (Wildman–Crippen MR) is 103 cm³/mol. The third kappa shape index (κ3) is 3.33. The lowest BCUT2D eigenvalue weighted by Gasteiger charge is -2.30. The molecule has 0 atom stereocenters. The molecular weight excluding hydrogens is 369 g/mol. The molecule has 1 aliphatic rings. The smallest absolute Gasteiger partial charge is 0.339 e. The average Bonchev–Trinajstić information content (AvgIpc) is 2.67. The first-order valence-electron chi connectivity index (χ1n) is 8.79. The molecule has 140 valence electrons. The van der Waals surface area contributed by atoms with Gasteiger partial charge in [-0.3, -0.25) is 4.90 Å². The van der Waals surface area contributed by atoms with E-state index >= 15 is 0 Å². The second-order valence-corrected chi connectivity index (χ2v) is 7.29. The molecule has 4 rings (SSSR count). The molecule has 0 spiro atoms. The van der Waals surface area contributed by atoms with E-state index in [2.05, 4.69) is 4.90 Å². The monoisotopic (exact) mass is 387 g/mol. The minimum Gasteiger partial charge on any atom is -0.476 e. The van der Waals surface area contributed by atoms with Gasteiger partial charge in [-0.1, -0.05) is 23.7 Å². The van der Waals surface area contributed by atoms with Gasteiger partial charge in [-0.15, -0.1) is 0 Å². The Kier molecular flexibility index (Phi) is 4.66. The van der Waals surface area contributed by atoms with E-state index in [0.717, 1.165) is 35.0 Å². The van der Waals surface area contributed by atoms with Crippen molar-refractivity contribution in [2.75, 3.05) is 13.3 Å². The van der Waals surface area contributed by atoms with Crippen molar-refractivity contribution in [3.05, 3.63) is 73.8 Å². The van der Waals surface area contributed by atoms with Crippen molar-refractivity contribution in [2.45, 2.75) is 26.8 Å². The number of hydrogen-bond acceptors (Lipinski definition) is 4. The summed E-state index contributed by atoms with van der Waals surface area (Å²) in [5, 5.41) is 1.35. The molecule has 6 heteroatoms. The Balaban J connectivity index is 1.65. The van der Waals surface area contributed by atoms with E-state index in [0.29, 0.717) is 35.2 Å².